The fourth-order valence-corrected chi connectivity index (χ4v) is 3.55. The SMILES string of the molecule is O=C1CC[C@@H](NC(=O)c2ccc(Cl)s2)[C@H](c2ccccc2)N1. The highest BCUT2D eigenvalue weighted by Gasteiger charge is 2.31. The number of halogens is 1. The second-order valence-corrected chi connectivity index (χ2v) is 6.89. The Kier molecular flexibility index (Phi) is 4.45. The Hall–Kier alpha value is -1.85. The Morgan fingerprint density at radius 1 is 1.23 bits per heavy atom. The van der Waals surface area contributed by atoms with E-state index >= 15 is 0 Å². The average Bonchev–Trinajstić information content (AvgIpc) is 2.96. The van der Waals surface area contributed by atoms with Gasteiger partial charge in [-0.05, 0) is 24.1 Å². The number of amides is 2. The van der Waals surface area contributed by atoms with E-state index < -0.39 is 0 Å². The highest BCUT2D eigenvalue weighted by Crippen LogP contribution is 2.26. The van der Waals surface area contributed by atoms with Crippen molar-refractivity contribution < 1.29 is 9.59 Å². The van der Waals surface area contributed by atoms with Crippen molar-refractivity contribution in [2.24, 2.45) is 0 Å². The van der Waals surface area contributed by atoms with Gasteiger partial charge in [0.1, 0.15) is 0 Å². The van der Waals surface area contributed by atoms with Gasteiger partial charge in [0.2, 0.25) is 5.91 Å². The van der Waals surface area contributed by atoms with E-state index in [0.717, 1.165) is 5.56 Å². The summed E-state index contributed by atoms with van der Waals surface area (Å²) < 4.78 is 0.585. The van der Waals surface area contributed by atoms with Crippen LogP contribution in [0.15, 0.2) is 42.5 Å². The maximum Gasteiger partial charge on any atom is 0.261 e. The number of carbonyl (C=O) groups excluding carboxylic acids is 2. The van der Waals surface area contributed by atoms with Crippen molar-refractivity contribution in [2.45, 2.75) is 24.9 Å². The zero-order valence-electron chi connectivity index (χ0n) is 11.7. The summed E-state index contributed by atoms with van der Waals surface area (Å²) in [6.07, 6.45) is 1.04. The van der Waals surface area contributed by atoms with Crippen molar-refractivity contribution in [1.82, 2.24) is 10.6 Å². The van der Waals surface area contributed by atoms with Crippen molar-refractivity contribution in [3.63, 3.8) is 0 Å². The number of carbonyl (C=O) groups is 2. The van der Waals surface area contributed by atoms with E-state index in [2.05, 4.69) is 10.6 Å². The number of piperidine rings is 1. The molecule has 0 unspecified atom stereocenters. The molecule has 3 rings (SSSR count). The van der Waals surface area contributed by atoms with Crippen LogP contribution in [0.25, 0.3) is 0 Å². The van der Waals surface area contributed by atoms with Gasteiger partial charge in [0, 0.05) is 6.42 Å². The Bertz CT molecular complexity index is 686. The Morgan fingerprint density at radius 3 is 2.68 bits per heavy atom. The minimum Gasteiger partial charge on any atom is -0.347 e. The first-order valence-electron chi connectivity index (χ1n) is 7.04. The van der Waals surface area contributed by atoms with E-state index in [4.69, 9.17) is 11.6 Å². The van der Waals surface area contributed by atoms with E-state index in [0.29, 0.717) is 22.1 Å². The number of hydrogen-bond donors (Lipinski definition) is 2. The summed E-state index contributed by atoms with van der Waals surface area (Å²) in [4.78, 5) is 24.6. The molecule has 1 aliphatic heterocycles. The highest BCUT2D eigenvalue weighted by atomic mass is 35.5. The van der Waals surface area contributed by atoms with Gasteiger partial charge in [0.15, 0.2) is 0 Å². The summed E-state index contributed by atoms with van der Waals surface area (Å²) in [5.74, 6) is -0.141. The smallest absolute Gasteiger partial charge is 0.261 e. The van der Waals surface area contributed by atoms with Crippen LogP contribution in [0.5, 0.6) is 0 Å². The number of hydrogen-bond acceptors (Lipinski definition) is 3. The predicted molar refractivity (Wildman–Crippen MR) is 87.1 cm³/mol. The molecule has 2 amide bonds. The largest absolute Gasteiger partial charge is 0.347 e. The fraction of sp³-hybridized carbons (Fsp3) is 0.250. The summed E-state index contributed by atoms with van der Waals surface area (Å²) in [7, 11) is 0. The van der Waals surface area contributed by atoms with Crippen LogP contribution in [-0.2, 0) is 4.79 Å². The standard InChI is InChI=1S/C16H15ClN2O2S/c17-13-8-7-12(22-13)16(21)18-11-6-9-14(20)19-15(11)10-4-2-1-3-5-10/h1-5,7-8,11,15H,6,9H2,(H,18,21)(H,19,20)/t11-,15+/m1/s1. The van der Waals surface area contributed by atoms with Gasteiger partial charge in [-0.1, -0.05) is 41.9 Å². The van der Waals surface area contributed by atoms with Crippen LogP contribution in [0.3, 0.4) is 0 Å². The van der Waals surface area contributed by atoms with Crippen LogP contribution in [0, 0.1) is 0 Å². The second-order valence-electron chi connectivity index (χ2n) is 5.18. The van der Waals surface area contributed by atoms with Crippen LogP contribution < -0.4 is 10.6 Å². The summed E-state index contributed by atoms with van der Waals surface area (Å²) in [6, 6.07) is 12.8. The molecular weight excluding hydrogens is 320 g/mol. The molecule has 2 atom stereocenters. The molecule has 0 aliphatic carbocycles. The zero-order valence-corrected chi connectivity index (χ0v) is 13.3. The van der Waals surface area contributed by atoms with Crippen molar-refractivity contribution in [2.75, 3.05) is 0 Å². The Morgan fingerprint density at radius 2 is 2.00 bits per heavy atom. The van der Waals surface area contributed by atoms with Gasteiger partial charge in [0.25, 0.3) is 5.91 Å². The monoisotopic (exact) mass is 334 g/mol. The van der Waals surface area contributed by atoms with Gasteiger partial charge in [0.05, 0.1) is 21.3 Å². The molecule has 114 valence electrons. The van der Waals surface area contributed by atoms with Crippen LogP contribution >= 0.6 is 22.9 Å². The maximum atomic E-state index is 12.3. The molecule has 0 radical (unpaired) electrons. The number of benzene rings is 1. The first kappa shape index (κ1) is 15.1. The lowest BCUT2D eigenvalue weighted by molar-refractivity contribution is -0.123. The summed E-state index contributed by atoms with van der Waals surface area (Å²) in [5, 5.41) is 5.98. The van der Waals surface area contributed by atoms with Crippen molar-refractivity contribution in [3.8, 4) is 0 Å². The van der Waals surface area contributed by atoms with Crippen LogP contribution in [-0.4, -0.2) is 17.9 Å². The molecule has 4 nitrogen and oxygen atoms in total. The van der Waals surface area contributed by atoms with E-state index in [1.807, 2.05) is 30.3 Å². The van der Waals surface area contributed by atoms with Crippen LogP contribution in [0.1, 0.15) is 34.1 Å². The quantitative estimate of drug-likeness (QED) is 0.906. The average molecular weight is 335 g/mol. The van der Waals surface area contributed by atoms with Gasteiger partial charge in [-0.3, -0.25) is 9.59 Å². The lowest BCUT2D eigenvalue weighted by atomic mass is 9.92. The van der Waals surface area contributed by atoms with Crippen molar-refractivity contribution >= 4 is 34.8 Å². The molecule has 6 heteroatoms. The normalized spacial score (nSPS) is 21.2. The summed E-state index contributed by atoms with van der Waals surface area (Å²) in [5.41, 5.74) is 0.991. The summed E-state index contributed by atoms with van der Waals surface area (Å²) in [6.45, 7) is 0. The van der Waals surface area contributed by atoms with Crippen molar-refractivity contribution in [1.29, 1.82) is 0 Å². The third kappa shape index (κ3) is 3.31. The molecule has 0 spiro atoms. The van der Waals surface area contributed by atoms with Gasteiger partial charge in [-0.25, -0.2) is 0 Å². The third-order valence-corrected chi connectivity index (χ3v) is 4.90. The number of nitrogens with one attached hydrogen (secondary N) is 2. The third-order valence-electron chi connectivity index (χ3n) is 3.67. The molecule has 1 fully saturated rings. The van der Waals surface area contributed by atoms with E-state index in [-0.39, 0.29) is 23.9 Å². The van der Waals surface area contributed by atoms with Crippen molar-refractivity contribution in [3.05, 3.63) is 57.2 Å². The molecule has 0 saturated carbocycles. The molecule has 1 saturated heterocycles. The fourth-order valence-electron chi connectivity index (χ4n) is 2.61. The van der Waals surface area contributed by atoms with Crippen LogP contribution in [0.2, 0.25) is 4.34 Å². The van der Waals surface area contributed by atoms with E-state index in [1.165, 1.54) is 11.3 Å². The molecule has 2 heterocycles. The molecule has 0 bridgehead atoms. The topological polar surface area (TPSA) is 58.2 Å². The molecule has 1 aromatic carbocycles. The first-order valence-corrected chi connectivity index (χ1v) is 8.23. The first-order chi connectivity index (χ1) is 10.6. The maximum absolute atomic E-state index is 12.3. The van der Waals surface area contributed by atoms with Gasteiger partial charge < -0.3 is 10.6 Å². The summed E-state index contributed by atoms with van der Waals surface area (Å²) >= 11 is 7.12. The Balaban J connectivity index is 1.78. The number of rotatable bonds is 3. The molecule has 1 aliphatic rings. The number of thiophene rings is 1. The molecule has 2 aromatic rings. The predicted octanol–water partition coefficient (Wildman–Crippen LogP) is 3.15. The lowest BCUT2D eigenvalue weighted by Crippen LogP contribution is -2.50. The van der Waals surface area contributed by atoms with E-state index in [1.54, 1.807) is 12.1 Å². The molecule has 22 heavy (non-hydrogen) atoms. The van der Waals surface area contributed by atoms with Crippen LogP contribution in [0.4, 0.5) is 0 Å². The molecular formula is C16H15ClN2O2S. The zero-order chi connectivity index (χ0) is 15.5. The van der Waals surface area contributed by atoms with Gasteiger partial charge in [-0.15, -0.1) is 11.3 Å². The molecule has 2 N–H and O–H groups in total. The highest BCUT2D eigenvalue weighted by molar-refractivity contribution is 7.18. The lowest BCUT2D eigenvalue weighted by Gasteiger charge is -2.33. The van der Waals surface area contributed by atoms with E-state index in [9.17, 15) is 9.59 Å². The minimum atomic E-state index is -0.207. The van der Waals surface area contributed by atoms with Gasteiger partial charge >= 0.3 is 0 Å². The minimum absolute atomic E-state index is 0.0125. The molecule has 1 aromatic heterocycles. The van der Waals surface area contributed by atoms with Gasteiger partial charge in [-0.2, -0.15) is 0 Å². The Labute approximate surface area is 137 Å². The second kappa shape index (κ2) is 6.50.